The molecule has 2 rings (SSSR count). The maximum Gasteiger partial charge on any atom is 0.293 e. The molecule has 0 fully saturated rings. The van der Waals surface area contributed by atoms with E-state index in [9.17, 15) is 18.5 Å². The van der Waals surface area contributed by atoms with Gasteiger partial charge in [0.1, 0.15) is 10.6 Å². The molecule has 0 spiro atoms. The molecule has 2 aromatic rings. The maximum atomic E-state index is 12.4. The summed E-state index contributed by atoms with van der Waals surface area (Å²) >= 11 is 17.5. The largest absolute Gasteiger partial charge is 0.293 e. The molecule has 0 atom stereocenters. The maximum absolute atomic E-state index is 12.4. The molecule has 0 aliphatic carbocycles. The monoisotopic (exact) mass is 380 g/mol. The van der Waals surface area contributed by atoms with Gasteiger partial charge in [-0.3, -0.25) is 14.8 Å². The second kappa shape index (κ2) is 6.29. The van der Waals surface area contributed by atoms with Crippen molar-refractivity contribution in [1.29, 1.82) is 0 Å². The molecule has 0 heterocycles. The van der Waals surface area contributed by atoms with Gasteiger partial charge >= 0.3 is 0 Å². The first-order valence-electron chi connectivity index (χ1n) is 5.63. The molecular formula is C12H7Cl3N2O4S. The molecule has 2 aromatic carbocycles. The summed E-state index contributed by atoms with van der Waals surface area (Å²) in [4.78, 5) is 9.86. The summed E-state index contributed by atoms with van der Waals surface area (Å²) in [5, 5.41) is 10.9. The fraction of sp³-hybridized carbons (Fsp3) is 0. The molecule has 0 radical (unpaired) electrons. The molecule has 0 unspecified atom stereocenters. The number of benzene rings is 2. The fourth-order valence-electron chi connectivity index (χ4n) is 1.68. The number of halogens is 3. The topological polar surface area (TPSA) is 89.3 Å². The number of nitrogens with zero attached hydrogens (tertiary/aromatic N) is 1. The molecule has 6 nitrogen and oxygen atoms in total. The van der Waals surface area contributed by atoms with E-state index < -0.39 is 20.6 Å². The molecule has 0 amide bonds. The van der Waals surface area contributed by atoms with Crippen molar-refractivity contribution in [1.82, 2.24) is 0 Å². The van der Waals surface area contributed by atoms with E-state index in [4.69, 9.17) is 34.8 Å². The van der Waals surface area contributed by atoms with Crippen molar-refractivity contribution in [2.75, 3.05) is 4.72 Å². The third-order valence-electron chi connectivity index (χ3n) is 2.59. The van der Waals surface area contributed by atoms with Gasteiger partial charge in [-0.15, -0.1) is 0 Å². The average Bonchev–Trinajstić information content (AvgIpc) is 2.37. The van der Waals surface area contributed by atoms with Crippen molar-refractivity contribution in [3.63, 3.8) is 0 Å². The lowest BCUT2D eigenvalue weighted by atomic mass is 10.3. The van der Waals surface area contributed by atoms with Crippen molar-refractivity contribution in [3.8, 4) is 0 Å². The Labute approximate surface area is 140 Å². The van der Waals surface area contributed by atoms with Crippen LogP contribution in [0.15, 0.2) is 41.3 Å². The first kappa shape index (κ1) is 16.8. The van der Waals surface area contributed by atoms with Gasteiger partial charge in [0.2, 0.25) is 0 Å². The lowest BCUT2D eigenvalue weighted by molar-refractivity contribution is -0.383. The van der Waals surface area contributed by atoms with Crippen LogP contribution >= 0.6 is 34.8 Å². The van der Waals surface area contributed by atoms with Crippen LogP contribution in [-0.4, -0.2) is 13.3 Å². The first-order valence-corrected chi connectivity index (χ1v) is 8.25. The Balaban J connectivity index is 2.55. The highest BCUT2D eigenvalue weighted by Crippen LogP contribution is 2.34. The van der Waals surface area contributed by atoms with E-state index in [0.717, 1.165) is 12.1 Å². The molecule has 22 heavy (non-hydrogen) atoms. The summed E-state index contributed by atoms with van der Waals surface area (Å²) in [7, 11) is -4.22. The summed E-state index contributed by atoms with van der Waals surface area (Å²) in [6, 6.07) is 7.66. The molecule has 0 bridgehead atoms. The first-order chi connectivity index (χ1) is 10.2. The minimum absolute atomic E-state index is 0.107. The van der Waals surface area contributed by atoms with Crippen LogP contribution in [0.1, 0.15) is 0 Å². The predicted molar refractivity (Wildman–Crippen MR) is 85.4 cm³/mol. The van der Waals surface area contributed by atoms with E-state index in [1.54, 1.807) is 0 Å². The standard InChI is InChI=1S/C12H7Cl3N2O4S/c13-7-4-5-11(17(18)19)10(6-7)16-22(20,21)12-8(14)2-1-3-9(12)15/h1-6,16H. The number of hydrogen-bond donors (Lipinski definition) is 1. The van der Waals surface area contributed by atoms with Gasteiger partial charge < -0.3 is 0 Å². The number of hydrogen-bond acceptors (Lipinski definition) is 4. The highest BCUT2D eigenvalue weighted by molar-refractivity contribution is 7.93. The van der Waals surface area contributed by atoms with Gasteiger partial charge in [0, 0.05) is 11.1 Å². The SMILES string of the molecule is O=[N+]([O-])c1ccc(Cl)cc1NS(=O)(=O)c1c(Cl)cccc1Cl. The van der Waals surface area contributed by atoms with Crippen LogP contribution in [0, 0.1) is 10.1 Å². The molecule has 0 aliphatic rings. The van der Waals surface area contributed by atoms with Crippen LogP contribution < -0.4 is 4.72 Å². The molecule has 116 valence electrons. The van der Waals surface area contributed by atoms with Gasteiger partial charge in [0.15, 0.2) is 0 Å². The lowest BCUT2D eigenvalue weighted by Gasteiger charge is -2.11. The molecule has 0 aliphatic heterocycles. The normalized spacial score (nSPS) is 11.2. The summed E-state index contributed by atoms with van der Waals surface area (Å²) in [5.41, 5.74) is -0.732. The van der Waals surface area contributed by atoms with Crippen LogP contribution in [0.5, 0.6) is 0 Å². The fourth-order valence-corrected chi connectivity index (χ4v) is 4.07. The molecule has 0 saturated heterocycles. The Morgan fingerprint density at radius 3 is 2.18 bits per heavy atom. The predicted octanol–water partition coefficient (Wildman–Crippen LogP) is 4.36. The number of rotatable bonds is 4. The number of anilines is 1. The van der Waals surface area contributed by atoms with Crippen molar-refractivity contribution >= 4 is 56.2 Å². The van der Waals surface area contributed by atoms with Crippen molar-refractivity contribution in [2.45, 2.75) is 4.90 Å². The lowest BCUT2D eigenvalue weighted by Crippen LogP contribution is -2.15. The summed E-state index contributed by atoms with van der Waals surface area (Å²) in [5.74, 6) is 0. The number of nitro benzene ring substituents is 1. The Hall–Kier alpha value is -1.54. The van der Waals surface area contributed by atoms with Gasteiger partial charge in [-0.2, -0.15) is 0 Å². The van der Waals surface area contributed by atoms with E-state index in [2.05, 4.69) is 4.72 Å². The van der Waals surface area contributed by atoms with Crippen molar-refractivity contribution < 1.29 is 13.3 Å². The molecule has 1 N–H and O–H groups in total. The Morgan fingerprint density at radius 1 is 1.05 bits per heavy atom. The minimum Gasteiger partial charge on any atom is -0.273 e. The third-order valence-corrected chi connectivity index (χ3v) is 5.14. The van der Waals surface area contributed by atoms with Crippen LogP contribution in [-0.2, 0) is 10.0 Å². The zero-order chi connectivity index (χ0) is 16.5. The highest BCUT2D eigenvalue weighted by Gasteiger charge is 2.25. The number of sulfonamides is 1. The summed E-state index contributed by atoms with van der Waals surface area (Å²) in [6.45, 7) is 0. The molecule has 10 heteroatoms. The minimum atomic E-state index is -4.22. The molecular weight excluding hydrogens is 375 g/mol. The van der Waals surface area contributed by atoms with Crippen LogP contribution in [0.2, 0.25) is 15.1 Å². The quantitative estimate of drug-likeness (QED) is 0.629. The summed E-state index contributed by atoms with van der Waals surface area (Å²) in [6.07, 6.45) is 0. The zero-order valence-corrected chi connectivity index (χ0v) is 13.7. The van der Waals surface area contributed by atoms with Gasteiger partial charge in [-0.05, 0) is 24.3 Å². The molecule has 0 aromatic heterocycles. The Kier molecular flexibility index (Phi) is 4.81. The number of nitrogens with one attached hydrogen (secondary N) is 1. The Bertz CT molecular complexity index is 835. The van der Waals surface area contributed by atoms with E-state index in [1.165, 1.54) is 24.3 Å². The van der Waals surface area contributed by atoms with Crippen molar-refractivity contribution in [3.05, 3.63) is 61.6 Å². The van der Waals surface area contributed by atoms with E-state index in [1.807, 2.05) is 0 Å². The number of nitro groups is 1. The zero-order valence-electron chi connectivity index (χ0n) is 10.6. The van der Waals surface area contributed by atoms with Gasteiger partial charge in [0.05, 0.1) is 15.0 Å². The highest BCUT2D eigenvalue weighted by atomic mass is 35.5. The summed E-state index contributed by atoms with van der Waals surface area (Å²) < 4.78 is 26.9. The van der Waals surface area contributed by atoms with Crippen LogP contribution in [0.25, 0.3) is 0 Å². The molecule has 0 saturated carbocycles. The van der Waals surface area contributed by atoms with Gasteiger partial charge in [-0.1, -0.05) is 40.9 Å². The second-order valence-electron chi connectivity index (χ2n) is 4.07. The van der Waals surface area contributed by atoms with Crippen LogP contribution in [0.4, 0.5) is 11.4 Å². The van der Waals surface area contributed by atoms with E-state index in [-0.39, 0.29) is 25.7 Å². The Morgan fingerprint density at radius 2 is 1.64 bits per heavy atom. The van der Waals surface area contributed by atoms with Gasteiger partial charge in [0.25, 0.3) is 15.7 Å². The average molecular weight is 382 g/mol. The third kappa shape index (κ3) is 3.44. The van der Waals surface area contributed by atoms with Crippen LogP contribution in [0.3, 0.4) is 0 Å². The van der Waals surface area contributed by atoms with Crippen molar-refractivity contribution in [2.24, 2.45) is 0 Å². The second-order valence-corrected chi connectivity index (χ2v) is 6.94. The van der Waals surface area contributed by atoms with E-state index >= 15 is 0 Å². The smallest absolute Gasteiger partial charge is 0.273 e. The van der Waals surface area contributed by atoms with E-state index in [0.29, 0.717) is 0 Å². The van der Waals surface area contributed by atoms with Gasteiger partial charge in [-0.25, -0.2) is 8.42 Å².